The van der Waals surface area contributed by atoms with Crippen LogP contribution < -0.4 is 9.64 Å². The van der Waals surface area contributed by atoms with E-state index in [1.165, 1.54) is 0 Å². The van der Waals surface area contributed by atoms with Crippen LogP contribution in [0.15, 0.2) is 48.9 Å². The highest BCUT2D eigenvalue weighted by atomic mass is 35.5. The maximum Gasteiger partial charge on any atom is 0.170 e. The summed E-state index contributed by atoms with van der Waals surface area (Å²) in [6.07, 6.45) is 5.30. The van der Waals surface area contributed by atoms with Gasteiger partial charge >= 0.3 is 0 Å². The van der Waals surface area contributed by atoms with E-state index in [9.17, 15) is 4.79 Å². The molecular formula is C26H24ClN5O2. The zero-order valence-corrected chi connectivity index (χ0v) is 19.8. The van der Waals surface area contributed by atoms with Gasteiger partial charge in [0.25, 0.3) is 0 Å². The third kappa shape index (κ3) is 3.34. The van der Waals surface area contributed by atoms with Gasteiger partial charge in [-0.25, -0.2) is 14.6 Å². The van der Waals surface area contributed by atoms with Crippen molar-refractivity contribution in [3.8, 4) is 11.4 Å². The predicted molar refractivity (Wildman–Crippen MR) is 131 cm³/mol. The standard InChI is InChI=1S/C26H24ClN5O2/c1-16-6-7-20-22(33)13-26(34-23(20)17(16)2)8-10-31(11-9-26)24-21-14-30-32(25(21)29-15-28-24)19-5-3-4-18(27)12-19/h3-7,12,14-15H,8-11,13H2,1-2H3. The van der Waals surface area contributed by atoms with E-state index in [1.54, 1.807) is 17.2 Å². The zero-order valence-electron chi connectivity index (χ0n) is 19.1. The number of fused-ring (bicyclic) bond motifs is 2. The molecule has 172 valence electrons. The molecule has 0 bridgehead atoms. The first-order valence-corrected chi connectivity index (χ1v) is 11.8. The van der Waals surface area contributed by atoms with Crippen molar-refractivity contribution in [2.75, 3.05) is 18.0 Å². The molecule has 1 saturated heterocycles. The smallest absolute Gasteiger partial charge is 0.170 e. The highest BCUT2D eigenvalue weighted by molar-refractivity contribution is 6.30. The lowest BCUT2D eigenvalue weighted by Crippen LogP contribution is -2.51. The van der Waals surface area contributed by atoms with Crippen LogP contribution in [0.1, 0.15) is 40.7 Å². The van der Waals surface area contributed by atoms with Crippen molar-refractivity contribution in [1.82, 2.24) is 19.7 Å². The number of rotatable bonds is 2. The second-order valence-electron chi connectivity index (χ2n) is 9.23. The van der Waals surface area contributed by atoms with E-state index in [0.29, 0.717) is 17.0 Å². The minimum absolute atomic E-state index is 0.171. The van der Waals surface area contributed by atoms with E-state index in [0.717, 1.165) is 65.3 Å². The summed E-state index contributed by atoms with van der Waals surface area (Å²) in [5.41, 5.74) is 4.03. The van der Waals surface area contributed by atoms with E-state index >= 15 is 0 Å². The number of halogens is 1. The van der Waals surface area contributed by atoms with Crippen molar-refractivity contribution in [2.45, 2.75) is 38.7 Å². The molecule has 7 nitrogen and oxygen atoms in total. The number of carbonyl (C=O) groups is 1. The van der Waals surface area contributed by atoms with Crippen LogP contribution in [0, 0.1) is 13.8 Å². The van der Waals surface area contributed by atoms with Gasteiger partial charge in [0.05, 0.1) is 29.3 Å². The van der Waals surface area contributed by atoms with Crippen LogP contribution in [0.4, 0.5) is 5.82 Å². The fourth-order valence-electron chi connectivity index (χ4n) is 5.07. The maximum atomic E-state index is 13.0. The molecular weight excluding hydrogens is 450 g/mol. The lowest BCUT2D eigenvalue weighted by molar-refractivity contribution is 0.0225. The zero-order chi connectivity index (χ0) is 23.4. The van der Waals surface area contributed by atoms with Gasteiger partial charge in [0.2, 0.25) is 0 Å². The van der Waals surface area contributed by atoms with E-state index < -0.39 is 5.60 Å². The van der Waals surface area contributed by atoms with Gasteiger partial charge in [0, 0.05) is 31.0 Å². The van der Waals surface area contributed by atoms with Crippen LogP contribution in [0.5, 0.6) is 5.75 Å². The summed E-state index contributed by atoms with van der Waals surface area (Å²) < 4.78 is 8.36. The largest absolute Gasteiger partial charge is 0.486 e. The molecule has 0 atom stereocenters. The van der Waals surface area contributed by atoms with Gasteiger partial charge in [-0.3, -0.25) is 4.79 Å². The Morgan fingerprint density at radius 2 is 1.91 bits per heavy atom. The monoisotopic (exact) mass is 473 g/mol. The first-order chi connectivity index (χ1) is 16.4. The van der Waals surface area contributed by atoms with Crippen LogP contribution in [0.2, 0.25) is 5.02 Å². The summed E-state index contributed by atoms with van der Waals surface area (Å²) in [5, 5.41) is 6.09. The maximum absolute atomic E-state index is 13.0. The molecule has 8 heteroatoms. The van der Waals surface area contributed by atoms with Gasteiger partial charge < -0.3 is 9.64 Å². The topological polar surface area (TPSA) is 73.1 Å². The molecule has 0 amide bonds. The molecule has 34 heavy (non-hydrogen) atoms. The molecule has 1 spiro atoms. The number of ketones is 1. The quantitative estimate of drug-likeness (QED) is 0.403. The number of anilines is 1. The molecule has 6 rings (SSSR count). The summed E-state index contributed by atoms with van der Waals surface area (Å²) in [4.78, 5) is 24.3. The number of benzene rings is 2. The van der Waals surface area contributed by atoms with Gasteiger partial charge in [-0.05, 0) is 49.2 Å². The molecule has 2 aromatic carbocycles. The Balaban J connectivity index is 1.28. The number of ether oxygens (including phenoxy) is 1. The molecule has 2 aromatic heterocycles. The first kappa shape index (κ1) is 21.1. The molecule has 0 unspecified atom stereocenters. The predicted octanol–water partition coefficient (Wildman–Crippen LogP) is 5.09. The molecule has 0 N–H and O–H groups in total. The van der Waals surface area contributed by atoms with E-state index in [-0.39, 0.29) is 5.78 Å². The lowest BCUT2D eigenvalue weighted by Gasteiger charge is -2.44. The average molecular weight is 474 g/mol. The van der Waals surface area contributed by atoms with Crippen LogP contribution in [-0.4, -0.2) is 44.2 Å². The average Bonchev–Trinajstić information content (AvgIpc) is 3.27. The number of nitrogens with zero attached hydrogens (tertiary/aromatic N) is 5. The van der Waals surface area contributed by atoms with E-state index in [2.05, 4.69) is 26.9 Å². The second-order valence-corrected chi connectivity index (χ2v) is 9.66. The minimum atomic E-state index is -0.462. The molecule has 0 radical (unpaired) electrons. The summed E-state index contributed by atoms with van der Waals surface area (Å²) in [7, 11) is 0. The minimum Gasteiger partial charge on any atom is -0.486 e. The van der Waals surface area contributed by atoms with Gasteiger partial charge in [-0.15, -0.1) is 0 Å². The summed E-state index contributed by atoms with van der Waals surface area (Å²) in [6, 6.07) is 11.4. The Labute approximate surface area is 202 Å². The van der Waals surface area contributed by atoms with Crippen molar-refractivity contribution in [3.05, 3.63) is 70.6 Å². The molecule has 2 aliphatic heterocycles. The third-order valence-electron chi connectivity index (χ3n) is 7.15. The van der Waals surface area contributed by atoms with Crippen LogP contribution in [0.25, 0.3) is 16.7 Å². The SMILES string of the molecule is Cc1ccc2c(c1C)OC1(CCN(c3ncnc4c3cnn4-c3cccc(Cl)c3)CC1)CC2=O. The molecule has 2 aliphatic rings. The molecule has 0 saturated carbocycles. The van der Waals surface area contributed by atoms with E-state index in [1.807, 2.05) is 43.3 Å². The van der Waals surface area contributed by atoms with Crippen LogP contribution >= 0.6 is 11.6 Å². The third-order valence-corrected chi connectivity index (χ3v) is 7.39. The first-order valence-electron chi connectivity index (χ1n) is 11.5. The Kier molecular flexibility index (Phi) is 4.85. The van der Waals surface area contributed by atoms with Crippen LogP contribution in [0.3, 0.4) is 0 Å². The number of aromatic nitrogens is 4. The van der Waals surface area contributed by atoms with Gasteiger partial charge in [-0.1, -0.05) is 23.7 Å². The summed E-state index contributed by atoms with van der Waals surface area (Å²) >= 11 is 6.18. The van der Waals surface area contributed by atoms with Gasteiger partial charge in [0.1, 0.15) is 23.5 Å². The summed E-state index contributed by atoms with van der Waals surface area (Å²) in [6.45, 7) is 5.56. The van der Waals surface area contributed by atoms with Gasteiger partial charge in [-0.2, -0.15) is 5.10 Å². The molecule has 1 fully saturated rings. The normalized spacial score (nSPS) is 17.1. The number of aryl methyl sites for hydroxylation is 1. The van der Waals surface area contributed by atoms with Crippen molar-refractivity contribution < 1.29 is 9.53 Å². The Bertz CT molecular complexity index is 1440. The second kappa shape index (κ2) is 7.81. The van der Waals surface area contributed by atoms with E-state index in [4.69, 9.17) is 16.3 Å². The van der Waals surface area contributed by atoms with Crippen molar-refractivity contribution >= 4 is 34.2 Å². The fourth-order valence-corrected chi connectivity index (χ4v) is 5.25. The Morgan fingerprint density at radius 1 is 1.09 bits per heavy atom. The number of hydrogen-bond donors (Lipinski definition) is 0. The highest BCUT2D eigenvalue weighted by Crippen LogP contribution is 2.42. The molecule has 4 aromatic rings. The van der Waals surface area contributed by atoms with Crippen molar-refractivity contribution in [1.29, 1.82) is 0 Å². The fraction of sp³-hybridized carbons (Fsp3) is 0.308. The Hall–Kier alpha value is -3.45. The number of carbonyl (C=O) groups excluding carboxylic acids is 1. The van der Waals surface area contributed by atoms with Crippen molar-refractivity contribution in [2.24, 2.45) is 0 Å². The highest BCUT2D eigenvalue weighted by Gasteiger charge is 2.44. The van der Waals surface area contributed by atoms with Gasteiger partial charge in [0.15, 0.2) is 11.4 Å². The number of Topliss-reactive ketones (excluding diaryl/α,β-unsaturated/α-hetero) is 1. The molecule has 0 aliphatic carbocycles. The summed E-state index contributed by atoms with van der Waals surface area (Å²) in [5.74, 6) is 1.78. The molecule has 4 heterocycles. The van der Waals surface area contributed by atoms with Crippen molar-refractivity contribution in [3.63, 3.8) is 0 Å². The number of hydrogen-bond acceptors (Lipinski definition) is 6. The number of piperidine rings is 1. The van der Waals surface area contributed by atoms with Crippen LogP contribution in [-0.2, 0) is 0 Å². The lowest BCUT2D eigenvalue weighted by atomic mass is 9.81. The Morgan fingerprint density at radius 3 is 2.71 bits per heavy atom.